The number of hydrogen-bond donors (Lipinski definition) is 1. The van der Waals surface area contributed by atoms with Crippen LogP contribution in [0.2, 0.25) is 0 Å². The smallest absolute Gasteiger partial charge is 0.270 e. The number of likely N-dealkylation sites (N-methyl/N-ethyl adjacent to an activating group) is 1. The third-order valence-corrected chi connectivity index (χ3v) is 5.21. The maximum absolute atomic E-state index is 13.9. The van der Waals surface area contributed by atoms with Gasteiger partial charge in [-0.15, -0.1) is 0 Å². The zero-order chi connectivity index (χ0) is 19.8. The highest BCUT2D eigenvalue weighted by Crippen LogP contribution is 2.34. The van der Waals surface area contributed by atoms with Crippen molar-refractivity contribution in [3.8, 4) is 0 Å². The summed E-state index contributed by atoms with van der Waals surface area (Å²) in [4.78, 5) is 26.1. The van der Waals surface area contributed by atoms with E-state index in [9.17, 15) is 19.3 Å². The van der Waals surface area contributed by atoms with Crippen molar-refractivity contribution < 1.29 is 14.1 Å². The van der Waals surface area contributed by atoms with E-state index in [0.717, 1.165) is 24.9 Å². The number of rotatable bonds is 9. The molecule has 0 fully saturated rings. The van der Waals surface area contributed by atoms with Crippen LogP contribution < -0.4 is 5.32 Å². The topological polar surface area (TPSA) is 75.5 Å². The predicted octanol–water partition coefficient (Wildman–Crippen LogP) is 3.96. The largest absolute Gasteiger partial charge is 0.351 e. The minimum atomic E-state index is -0.551. The summed E-state index contributed by atoms with van der Waals surface area (Å²) in [5.74, 6) is -0.821. The quantitative estimate of drug-likeness (QED) is 0.517. The van der Waals surface area contributed by atoms with Crippen molar-refractivity contribution in [2.45, 2.75) is 23.6 Å². The molecule has 2 aromatic rings. The Kier molecular flexibility index (Phi) is 7.75. The summed E-state index contributed by atoms with van der Waals surface area (Å²) in [6.45, 7) is 6.93. The van der Waals surface area contributed by atoms with Crippen LogP contribution >= 0.6 is 11.8 Å². The molecule has 0 aliphatic heterocycles. The Bertz CT molecular complexity index is 813. The van der Waals surface area contributed by atoms with Crippen LogP contribution in [0, 0.1) is 15.9 Å². The fourth-order valence-electron chi connectivity index (χ4n) is 2.51. The molecule has 1 amide bonds. The van der Waals surface area contributed by atoms with E-state index in [1.54, 1.807) is 18.2 Å². The van der Waals surface area contributed by atoms with E-state index in [0.29, 0.717) is 22.9 Å². The SMILES string of the molecule is CCN(CC)CCNC(=O)c1cc([N+](=O)[O-])ccc1Sc1ccccc1F. The van der Waals surface area contributed by atoms with Crippen LogP contribution in [-0.4, -0.2) is 41.9 Å². The summed E-state index contributed by atoms with van der Waals surface area (Å²) in [6, 6.07) is 10.2. The maximum atomic E-state index is 13.9. The van der Waals surface area contributed by atoms with Gasteiger partial charge in [-0.25, -0.2) is 4.39 Å². The fourth-order valence-corrected chi connectivity index (χ4v) is 3.45. The highest BCUT2D eigenvalue weighted by atomic mass is 32.2. The lowest BCUT2D eigenvalue weighted by Crippen LogP contribution is -2.35. The van der Waals surface area contributed by atoms with E-state index in [-0.39, 0.29) is 11.3 Å². The summed E-state index contributed by atoms with van der Waals surface area (Å²) in [6.07, 6.45) is 0. The van der Waals surface area contributed by atoms with Gasteiger partial charge in [0.15, 0.2) is 0 Å². The van der Waals surface area contributed by atoms with Gasteiger partial charge in [0.1, 0.15) is 5.82 Å². The predicted molar refractivity (Wildman–Crippen MR) is 104 cm³/mol. The average Bonchev–Trinajstić information content (AvgIpc) is 2.67. The summed E-state index contributed by atoms with van der Waals surface area (Å²) in [5, 5.41) is 13.9. The first-order chi connectivity index (χ1) is 13.0. The van der Waals surface area contributed by atoms with Crippen molar-refractivity contribution in [1.82, 2.24) is 10.2 Å². The normalized spacial score (nSPS) is 10.8. The van der Waals surface area contributed by atoms with Gasteiger partial charge in [-0.3, -0.25) is 14.9 Å². The van der Waals surface area contributed by atoms with Crippen LogP contribution in [0.5, 0.6) is 0 Å². The molecule has 2 aromatic carbocycles. The second kappa shape index (κ2) is 10.0. The average molecular weight is 391 g/mol. The summed E-state index contributed by atoms with van der Waals surface area (Å²) < 4.78 is 13.9. The Labute approximate surface area is 161 Å². The third kappa shape index (κ3) is 5.77. The Morgan fingerprint density at radius 1 is 1.19 bits per heavy atom. The number of nitro groups is 1. The van der Waals surface area contributed by atoms with Crippen molar-refractivity contribution in [3.05, 3.63) is 64.0 Å². The van der Waals surface area contributed by atoms with Crippen LogP contribution in [0.25, 0.3) is 0 Å². The zero-order valence-corrected chi connectivity index (χ0v) is 16.1. The number of carbonyl (C=O) groups excluding carboxylic acids is 1. The van der Waals surface area contributed by atoms with E-state index in [1.165, 1.54) is 24.3 Å². The van der Waals surface area contributed by atoms with Crippen molar-refractivity contribution >= 4 is 23.4 Å². The number of amides is 1. The van der Waals surface area contributed by atoms with Gasteiger partial charge in [0.2, 0.25) is 0 Å². The molecule has 0 spiro atoms. The lowest BCUT2D eigenvalue weighted by molar-refractivity contribution is -0.384. The number of carbonyl (C=O) groups is 1. The van der Waals surface area contributed by atoms with E-state index in [4.69, 9.17) is 0 Å². The number of nitro benzene ring substituents is 1. The van der Waals surface area contributed by atoms with Crippen LogP contribution in [-0.2, 0) is 0 Å². The molecule has 0 heterocycles. The molecular weight excluding hydrogens is 369 g/mol. The monoisotopic (exact) mass is 391 g/mol. The third-order valence-electron chi connectivity index (χ3n) is 4.08. The summed E-state index contributed by atoms with van der Waals surface area (Å²) in [5.41, 5.74) is -0.0150. The number of benzene rings is 2. The molecule has 1 N–H and O–H groups in total. The maximum Gasteiger partial charge on any atom is 0.270 e. The van der Waals surface area contributed by atoms with Crippen LogP contribution in [0.15, 0.2) is 52.3 Å². The van der Waals surface area contributed by atoms with Crippen molar-refractivity contribution in [1.29, 1.82) is 0 Å². The molecule has 0 bridgehead atoms. The molecule has 0 aromatic heterocycles. The minimum absolute atomic E-state index is 0.164. The van der Waals surface area contributed by atoms with Crippen molar-refractivity contribution in [2.75, 3.05) is 26.2 Å². The van der Waals surface area contributed by atoms with Gasteiger partial charge >= 0.3 is 0 Å². The first-order valence-corrected chi connectivity index (χ1v) is 9.49. The van der Waals surface area contributed by atoms with Gasteiger partial charge in [-0.05, 0) is 31.3 Å². The minimum Gasteiger partial charge on any atom is -0.351 e. The molecule has 8 heteroatoms. The van der Waals surface area contributed by atoms with Gasteiger partial charge in [-0.1, -0.05) is 37.7 Å². The van der Waals surface area contributed by atoms with Crippen LogP contribution in [0.3, 0.4) is 0 Å². The molecule has 6 nitrogen and oxygen atoms in total. The van der Waals surface area contributed by atoms with E-state index >= 15 is 0 Å². The van der Waals surface area contributed by atoms with E-state index in [1.807, 2.05) is 13.8 Å². The molecule has 0 aliphatic carbocycles. The van der Waals surface area contributed by atoms with Gasteiger partial charge in [0.25, 0.3) is 11.6 Å². The van der Waals surface area contributed by atoms with Crippen LogP contribution in [0.4, 0.5) is 10.1 Å². The molecule has 144 valence electrons. The number of nitrogens with zero attached hydrogens (tertiary/aromatic N) is 2. The molecule has 27 heavy (non-hydrogen) atoms. The lowest BCUT2D eigenvalue weighted by atomic mass is 10.2. The standard InChI is InChI=1S/C19H22FN3O3S/c1-3-22(4-2)12-11-21-19(24)15-13-14(23(25)26)9-10-17(15)27-18-8-6-5-7-16(18)20/h5-10,13H,3-4,11-12H2,1-2H3,(H,21,24). The second-order valence-corrected chi connectivity index (χ2v) is 6.84. The lowest BCUT2D eigenvalue weighted by Gasteiger charge is -2.18. The second-order valence-electron chi connectivity index (χ2n) is 5.75. The highest BCUT2D eigenvalue weighted by Gasteiger charge is 2.18. The first kappa shape index (κ1) is 20.9. The summed E-state index contributed by atoms with van der Waals surface area (Å²) >= 11 is 1.07. The molecular formula is C19H22FN3O3S. The molecule has 0 atom stereocenters. The van der Waals surface area contributed by atoms with Gasteiger partial charge in [0, 0.05) is 35.0 Å². The molecule has 0 unspecified atom stereocenters. The van der Waals surface area contributed by atoms with Gasteiger partial charge in [-0.2, -0.15) is 0 Å². The fraction of sp³-hybridized carbons (Fsp3) is 0.316. The number of halogens is 1. The van der Waals surface area contributed by atoms with Crippen molar-refractivity contribution in [2.24, 2.45) is 0 Å². The molecule has 0 radical (unpaired) electrons. The van der Waals surface area contributed by atoms with Crippen molar-refractivity contribution in [3.63, 3.8) is 0 Å². The van der Waals surface area contributed by atoms with E-state index < -0.39 is 16.6 Å². The van der Waals surface area contributed by atoms with Gasteiger partial charge in [0.05, 0.1) is 10.5 Å². The summed E-state index contributed by atoms with van der Waals surface area (Å²) in [7, 11) is 0. The first-order valence-electron chi connectivity index (χ1n) is 8.67. The number of non-ortho nitro benzene ring substituents is 1. The molecule has 0 saturated heterocycles. The number of hydrogen-bond acceptors (Lipinski definition) is 5. The molecule has 0 saturated carbocycles. The molecule has 0 aliphatic rings. The Morgan fingerprint density at radius 2 is 1.89 bits per heavy atom. The van der Waals surface area contributed by atoms with E-state index in [2.05, 4.69) is 10.2 Å². The Hall–Kier alpha value is -2.45. The zero-order valence-electron chi connectivity index (χ0n) is 15.3. The van der Waals surface area contributed by atoms with Gasteiger partial charge < -0.3 is 10.2 Å². The Morgan fingerprint density at radius 3 is 2.52 bits per heavy atom. The highest BCUT2D eigenvalue weighted by molar-refractivity contribution is 7.99. The van der Waals surface area contributed by atoms with Crippen LogP contribution in [0.1, 0.15) is 24.2 Å². The Balaban J connectivity index is 2.23. The number of nitrogens with one attached hydrogen (secondary N) is 1. The molecule has 2 rings (SSSR count).